The van der Waals surface area contributed by atoms with E-state index in [4.69, 9.17) is 16.3 Å². The fourth-order valence-corrected chi connectivity index (χ4v) is 5.87. The quantitative estimate of drug-likeness (QED) is 0.149. The number of halogens is 12. The summed E-state index contributed by atoms with van der Waals surface area (Å²) < 4.78 is 181. The molecule has 1 fully saturated rings. The van der Waals surface area contributed by atoms with Gasteiger partial charge in [-0.25, -0.2) is 52.7 Å². The van der Waals surface area contributed by atoms with Crippen LogP contribution in [0.25, 0.3) is 11.1 Å². The minimum atomic E-state index is -3.90. The van der Waals surface area contributed by atoms with Gasteiger partial charge in [-0.05, 0) is 25.0 Å². The lowest BCUT2D eigenvalue weighted by molar-refractivity contribution is 0.0439. The lowest BCUT2D eigenvalue weighted by Crippen LogP contribution is -2.46. The number of allylic oxidation sites excluding steroid dienone is 8. The van der Waals surface area contributed by atoms with Crippen LogP contribution < -0.4 is 5.73 Å². The first-order valence-electron chi connectivity index (χ1n) is 12.9. The Kier molecular flexibility index (Phi) is 8.59. The minimum Gasteiger partial charge on any atom is -0.394 e. The normalized spacial score (nSPS) is 23.4. The van der Waals surface area contributed by atoms with E-state index in [-0.39, 0.29) is 6.92 Å². The molecule has 248 valence electrons. The molecule has 1 saturated carbocycles. The van der Waals surface area contributed by atoms with Crippen LogP contribution in [0.2, 0.25) is 0 Å². The van der Waals surface area contributed by atoms with Crippen molar-refractivity contribution in [2.75, 3.05) is 5.73 Å². The second-order valence-electron chi connectivity index (χ2n) is 10.8. The molecule has 4 unspecified atom stereocenters. The molecule has 18 heteroatoms. The molecule has 2 aromatic rings. The summed E-state index contributed by atoms with van der Waals surface area (Å²) in [6, 6.07) is 5.01. The van der Waals surface area contributed by atoms with Crippen molar-refractivity contribution in [3.63, 3.8) is 0 Å². The number of alkyl halides is 1. The SMILES string of the molecule is CC1(F)C(F)=C(C#N)C(F)=C(F)C1C(C)(C#N)C1C(=C(/C#N)c2c(F)c(F)c(N)c(F)c2F)/C1=C(/C#N)c1c(F)c(F)c(C#N)c(F)c1F. The average molecular weight is 694 g/mol. The van der Waals surface area contributed by atoms with Gasteiger partial charge in [0.15, 0.2) is 63.9 Å². The van der Waals surface area contributed by atoms with Crippen molar-refractivity contribution in [2.45, 2.75) is 19.5 Å². The van der Waals surface area contributed by atoms with Gasteiger partial charge in [0, 0.05) is 5.92 Å². The second kappa shape index (κ2) is 11.8. The molecule has 49 heavy (non-hydrogen) atoms. The standard InChI is InChI=1S/C31H10F12N6/c1-30(7-48,28-26(41)19(34)11(6-47)29(42)31(28,2)43)16-12(8(3-44)14-20(35)17(32)10(5-46)18(33)21(14)36)13(16)9(4-45)15-22(37)24(39)27(49)25(40)23(15)38/h16,28H,49H2,1-2H3/b12-8+,13-9-. The highest BCUT2D eigenvalue weighted by Gasteiger charge is 2.66. The molecule has 0 amide bonds. The summed E-state index contributed by atoms with van der Waals surface area (Å²) in [4.78, 5) is 0. The lowest BCUT2D eigenvalue weighted by Gasteiger charge is -2.40. The Labute approximate surface area is 266 Å². The van der Waals surface area contributed by atoms with Crippen LogP contribution >= 0.6 is 0 Å². The molecule has 0 aliphatic heterocycles. The number of rotatable bonds is 4. The zero-order valence-electron chi connectivity index (χ0n) is 24.0. The van der Waals surface area contributed by atoms with Crippen LogP contribution in [0, 0.1) is 120 Å². The van der Waals surface area contributed by atoms with Gasteiger partial charge in [0.05, 0.1) is 39.7 Å². The molecule has 0 radical (unpaired) electrons. The second-order valence-corrected chi connectivity index (χ2v) is 10.8. The zero-order chi connectivity index (χ0) is 37.2. The Morgan fingerprint density at radius 1 is 0.673 bits per heavy atom. The molecule has 0 saturated heterocycles. The molecule has 0 aromatic heterocycles. The maximum absolute atomic E-state index is 16.1. The third kappa shape index (κ3) is 4.69. The number of hydrogen-bond donors (Lipinski definition) is 1. The van der Waals surface area contributed by atoms with Crippen LogP contribution in [-0.4, -0.2) is 5.67 Å². The van der Waals surface area contributed by atoms with Crippen molar-refractivity contribution >= 4 is 16.8 Å². The molecular weight excluding hydrogens is 684 g/mol. The summed E-state index contributed by atoms with van der Waals surface area (Å²) in [6.07, 6.45) is 0. The zero-order valence-corrected chi connectivity index (χ0v) is 24.0. The van der Waals surface area contributed by atoms with E-state index in [0.717, 1.165) is 24.3 Å². The monoisotopic (exact) mass is 694 g/mol. The molecule has 6 nitrogen and oxygen atoms in total. The highest BCUT2D eigenvalue weighted by Crippen LogP contribution is 2.67. The molecule has 2 N–H and O–H groups in total. The third-order valence-electron chi connectivity index (χ3n) is 8.14. The number of hydrogen-bond acceptors (Lipinski definition) is 6. The predicted octanol–water partition coefficient (Wildman–Crippen LogP) is 7.92. The smallest absolute Gasteiger partial charge is 0.185 e. The number of nitrogen functional groups attached to an aromatic ring is 1. The topological polar surface area (TPSA) is 145 Å². The molecule has 2 aliphatic rings. The fourth-order valence-electron chi connectivity index (χ4n) is 5.87. The average Bonchev–Trinajstić information content (AvgIpc) is 3.80. The van der Waals surface area contributed by atoms with Crippen molar-refractivity contribution in [3.8, 4) is 30.3 Å². The predicted molar refractivity (Wildman–Crippen MR) is 140 cm³/mol. The third-order valence-corrected chi connectivity index (χ3v) is 8.14. The van der Waals surface area contributed by atoms with Gasteiger partial charge in [0.1, 0.15) is 46.9 Å². The largest absolute Gasteiger partial charge is 0.394 e. The van der Waals surface area contributed by atoms with Gasteiger partial charge in [-0.15, -0.1) is 0 Å². The van der Waals surface area contributed by atoms with Crippen LogP contribution in [-0.2, 0) is 0 Å². The van der Waals surface area contributed by atoms with Crippen molar-refractivity contribution in [1.29, 1.82) is 26.3 Å². The van der Waals surface area contributed by atoms with Crippen molar-refractivity contribution < 1.29 is 52.7 Å². The van der Waals surface area contributed by atoms with Gasteiger partial charge in [-0.2, -0.15) is 26.3 Å². The highest BCUT2D eigenvalue weighted by molar-refractivity contribution is 5.98. The van der Waals surface area contributed by atoms with Crippen molar-refractivity contribution in [1.82, 2.24) is 0 Å². The van der Waals surface area contributed by atoms with Gasteiger partial charge in [0.25, 0.3) is 0 Å². The molecule has 2 aromatic carbocycles. The van der Waals surface area contributed by atoms with Crippen LogP contribution in [0.1, 0.15) is 30.5 Å². The van der Waals surface area contributed by atoms with E-state index < -0.39 is 137 Å². The highest BCUT2D eigenvalue weighted by atomic mass is 19.2. The molecule has 4 atom stereocenters. The van der Waals surface area contributed by atoms with E-state index in [0.29, 0.717) is 6.92 Å². The molecule has 0 spiro atoms. The van der Waals surface area contributed by atoms with Crippen LogP contribution in [0.4, 0.5) is 58.4 Å². The Balaban J connectivity index is 2.28. The van der Waals surface area contributed by atoms with Crippen LogP contribution in [0.5, 0.6) is 0 Å². The van der Waals surface area contributed by atoms with E-state index in [1.807, 2.05) is 0 Å². The summed E-state index contributed by atoms with van der Waals surface area (Å²) in [5.74, 6) is -31.9. The molecular formula is C31H10F12N6. The van der Waals surface area contributed by atoms with E-state index in [1.165, 1.54) is 6.07 Å². The summed E-state index contributed by atoms with van der Waals surface area (Å²) in [7, 11) is 0. The van der Waals surface area contributed by atoms with Gasteiger partial charge in [-0.3, -0.25) is 0 Å². The summed E-state index contributed by atoms with van der Waals surface area (Å²) in [5, 5.41) is 48.1. The van der Waals surface area contributed by atoms with Gasteiger partial charge < -0.3 is 5.73 Å². The van der Waals surface area contributed by atoms with E-state index in [9.17, 15) is 37.7 Å². The summed E-state index contributed by atoms with van der Waals surface area (Å²) in [6.45, 7) is 0.671. The number of benzene rings is 2. The first-order valence-corrected chi connectivity index (χ1v) is 12.9. The minimum absolute atomic E-state index is 0.201. The maximum Gasteiger partial charge on any atom is 0.185 e. The van der Waals surface area contributed by atoms with Crippen LogP contribution in [0.15, 0.2) is 34.2 Å². The Bertz CT molecular complexity index is 2210. The number of nitrogens with zero attached hydrogens (tertiary/aromatic N) is 5. The van der Waals surface area contributed by atoms with Gasteiger partial charge in [0.2, 0.25) is 0 Å². The Morgan fingerprint density at radius 3 is 1.43 bits per heavy atom. The van der Waals surface area contributed by atoms with Gasteiger partial charge in [-0.1, -0.05) is 0 Å². The molecule has 0 bridgehead atoms. The number of anilines is 1. The van der Waals surface area contributed by atoms with E-state index >= 15 is 30.7 Å². The van der Waals surface area contributed by atoms with Crippen molar-refractivity contribution in [3.05, 3.63) is 97.4 Å². The first kappa shape index (κ1) is 35.7. The number of nitrogens with two attached hydrogens (primary N) is 1. The number of nitriles is 5. The Hall–Kier alpha value is -6.19. The molecule has 4 rings (SSSR count). The maximum atomic E-state index is 16.1. The first-order chi connectivity index (χ1) is 22.8. The van der Waals surface area contributed by atoms with Crippen molar-refractivity contribution in [2.24, 2.45) is 17.3 Å². The fraction of sp³-hybridized carbons (Fsp3) is 0.194. The summed E-state index contributed by atoms with van der Waals surface area (Å²) >= 11 is 0. The van der Waals surface area contributed by atoms with E-state index in [2.05, 4.69) is 0 Å². The summed E-state index contributed by atoms with van der Waals surface area (Å²) in [5.41, 5.74) is -17.4. The molecule has 2 aliphatic carbocycles. The van der Waals surface area contributed by atoms with Gasteiger partial charge >= 0.3 is 0 Å². The van der Waals surface area contributed by atoms with Crippen LogP contribution in [0.3, 0.4) is 0 Å². The lowest BCUT2D eigenvalue weighted by atomic mass is 9.63. The van der Waals surface area contributed by atoms with E-state index in [1.54, 1.807) is 0 Å². The molecule has 0 heterocycles. The Morgan fingerprint density at radius 2 is 1.08 bits per heavy atom.